The van der Waals surface area contributed by atoms with E-state index in [1.54, 1.807) is 24.3 Å². The molecular formula is C22H24N4O2. The fourth-order valence-corrected chi connectivity index (χ4v) is 3.06. The zero-order valence-electron chi connectivity index (χ0n) is 16.3. The Morgan fingerprint density at radius 2 is 1.71 bits per heavy atom. The average Bonchev–Trinajstić information content (AvgIpc) is 2.71. The lowest BCUT2D eigenvalue weighted by atomic mass is 10.1. The molecule has 0 atom stereocenters. The summed E-state index contributed by atoms with van der Waals surface area (Å²) in [5.41, 5.74) is 4.40. The predicted octanol–water partition coefficient (Wildman–Crippen LogP) is 3.60. The van der Waals surface area contributed by atoms with E-state index in [4.69, 9.17) is 0 Å². The van der Waals surface area contributed by atoms with Crippen molar-refractivity contribution in [1.29, 1.82) is 0 Å². The maximum Gasteiger partial charge on any atom is 0.292 e. The van der Waals surface area contributed by atoms with E-state index in [2.05, 4.69) is 15.6 Å². The van der Waals surface area contributed by atoms with Crippen molar-refractivity contribution >= 4 is 22.4 Å². The first-order chi connectivity index (χ1) is 13.5. The molecule has 3 rings (SSSR count). The molecule has 0 bridgehead atoms. The summed E-state index contributed by atoms with van der Waals surface area (Å²) in [6.45, 7) is 6.35. The Balaban J connectivity index is 2.05. The molecule has 6 heteroatoms. The van der Waals surface area contributed by atoms with Gasteiger partial charge in [0.2, 0.25) is 0 Å². The number of nitrogens with zero attached hydrogens (tertiary/aromatic N) is 3. The molecule has 0 saturated carbocycles. The monoisotopic (exact) mass is 376 g/mol. The summed E-state index contributed by atoms with van der Waals surface area (Å²) in [5, 5.41) is 9.60. The van der Waals surface area contributed by atoms with E-state index in [1.165, 1.54) is 4.68 Å². The number of hydrogen-bond acceptors (Lipinski definition) is 4. The van der Waals surface area contributed by atoms with E-state index in [0.717, 1.165) is 17.7 Å². The van der Waals surface area contributed by atoms with Gasteiger partial charge in [-0.05, 0) is 24.0 Å². The van der Waals surface area contributed by atoms with Crippen molar-refractivity contribution < 1.29 is 4.79 Å². The highest BCUT2D eigenvalue weighted by Crippen LogP contribution is 2.14. The molecule has 1 aromatic heterocycles. The number of amides is 1. The molecule has 0 aliphatic rings. The Morgan fingerprint density at radius 3 is 2.36 bits per heavy atom. The molecule has 0 aliphatic carbocycles. The minimum atomic E-state index is -0.426. The summed E-state index contributed by atoms with van der Waals surface area (Å²) in [6.07, 6.45) is 0.750. The van der Waals surface area contributed by atoms with Gasteiger partial charge in [0, 0.05) is 11.1 Å². The van der Waals surface area contributed by atoms with Crippen molar-refractivity contribution in [2.75, 3.05) is 0 Å². The Labute approximate surface area is 163 Å². The molecule has 1 heterocycles. The summed E-state index contributed by atoms with van der Waals surface area (Å²) in [6, 6.07) is 16.6. The lowest BCUT2D eigenvalue weighted by Crippen LogP contribution is -2.30. The van der Waals surface area contributed by atoms with Crippen LogP contribution < -0.4 is 11.0 Å². The average molecular weight is 376 g/mol. The van der Waals surface area contributed by atoms with Crippen molar-refractivity contribution in [2.45, 2.75) is 33.7 Å². The lowest BCUT2D eigenvalue weighted by Gasteiger charge is -2.11. The molecule has 3 aromatic rings. The first-order valence-corrected chi connectivity index (χ1v) is 9.41. The van der Waals surface area contributed by atoms with E-state index in [0.29, 0.717) is 17.3 Å². The highest BCUT2D eigenvalue weighted by atomic mass is 16.2. The van der Waals surface area contributed by atoms with Crippen LogP contribution in [0.25, 0.3) is 10.8 Å². The number of hydrazone groups is 1. The molecule has 0 unspecified atom stereocenters. The second-order valence-electron chi connectivity index (χ2n) is 6.89. The second-order valence-corrected chi connectivity index (χ2v) is 6.89. The second kappa shape index (κ2) is 8.61. The fraction of sp³-hybridized carbons (Fsp3) is 0.273. The standard InChI is InChI=1S/C22H24N4O2/c1-4-19(15(2)3)23-24-21(27)20-17-12-8-9-13-18(17)22(28)26(25-20)14-16-10-6-5-7-11-16/h5-13,15H,4,14H2,1-3H3,(H,24,27)/b23-19-. The van der Waals surface area contributed by atoms with E-state index < -0.39 is 5.91 Å². The molecule has 2 aromatic carbocycles. The van der Waals surface area contributed by atoms with Gasteiger partial charge in [-0.25, -0.2) is 10.1 Å². The highest BCUT2D eigenvalue weighted by molar-refractivity contribution is 6.05. The topological polar surface area (TPSA) is 76.3 Å². The number of hydrogen-bond donors (Lipinski definition) is 1. The van der Waals surface area contributed by atoms with Gasteiger partial charge in [-0.2, -0.15) is 10.2 Å². The van der Waals surface area contributed by atoms with Crippen LogP contribution in [0.4, 0.5) is 0 Å². The summed E-state index contributed by atoms with van der Waals surface area (Å²) in [7, 11) is 0. The predicted molar refractivity (Wildman–Crippen MR) is 112 cm³/mol. The number of carbonyl (C=O) groups excluding carboxylic acids is 1. The molecule has 1 N–H and O–H groups in total. The number of aromatic nitrogens is 2. The van der Waals surface area contributed by atoms with Gasteiger partial charge in [0.1, 0.15) is 0 Å². The minimum Gasteiger partial charge on any atom is -0.267 e. The van der Waals surface area contributed by atoms with Crippen molar-refractivity contribution in [3.8, 4) is 0 Å². The quantitative estimate of drug-likeness (QED) is 0.527. The third kappa shape index (κ3) is 4.17. The molecule has 28 heavy (non-hydrogen) atoms. The Hall–Kier alpha value is -3.28. The third-order valence-electron chi connectivity index (χ3n) is 4.59. The maximum absolute atomic E-state index is 12.9. The normalized spacial score (nSPS) is 11.8. The number of rotatable bonds is 6. The van der Waals surface area contributed by atoms with Gasteiger partial charge in [0.15, 0.2) is 5.69 Å². The molecule has 0 aliphatic heterocycles. The molecule has 1 amide bonds. The highest BCUT2D eigenvalue weighted by Gasteiger charge is 2.17. The summed E-state index contributed by atoms with van der Waals surface area (Å²) in [4.78, 5) is 25.7. The molecule has 0 spiro atoms. The summed E-state index contributed by atoms with van der Waals surface area (Å²) in [5.74, 6) is -0.188. The van der Waals surface area contributed by atoms with Crippen LogP contribution in [0.5, 0.6) is 0 Å². The third-order valence-corrected chi connectivity index (χ3v) is 4.59. The first kappa shape index (κ1) is 19.5. The van der Waals surface area contributed by atoms with Crippen LogP contribution in [0.1, 0.15) is 43.2 Å². The zero-order chi connectivity index (χ0) is 20.1. The van der Waals surface area contributed by atoms with Gasteiger partial charge >= 0.3 is 0 Å². The SMILES string of the molecule is CC/C(=N/NC(=O)c1nn(Cc2ccccc2)c(=O)c2ccccc12)C(C)C. The van der Waals surface area contributed by atoms with Crippen LogP contribution in [0.15, 0.2) is 64.5 Å². The molecule has 0 radical (unpaired) electrons. The number of benzene rings is 2. The molecule has 0 fully saturated rings. The first-order valence-electron chi connectivity index (χ1n) is 9.41. The number of fused-ring (bicyclic) bond motifs is 1. The minimum absolute atomic E-state index is 0.189. The van der Waals surface area contributed by atoms with E-state index in [1.807, 2.05) is 51.1 Å². The Bertz CT molecular complexity index is 1070. The molecule has 144 valence electrons. The van der Waals surface area contributed by atoms with Gasteiger partial charge in [-0.1, -0.05) is 69.3 Å². The van der Waals surface area contributed by atoms with Gasteiger partial charge < -0.3 is 0 Å². The van der Waals surface area contributed by atoms with Gasteiger partial charge in [0.25, 0.3) is 11.5 Å². The maximum atomic E-state index is 12.9. The molecular weight excluding hydrogens is 352 g/mol. The van der Waals surface area contributed by atoms with Crippen LogP contribution in [-0.4, -0.2) is 21.4 Å². The largest absolute Gasteiger partial charge is 0.292 e. The number of carbonyl (C=O) groups is 1. The Kier molecular flexibility index (Phi) is 5.99. The van der Waals surface area contributed by atoms with Crippen molar-refractivity contribution in [3.05, 3.63) is 76.2 Å². The molecule has 6 nitrogen and oxygen atoms in total. The van der Waals surface area contributed by atoms with Crippen LogP contribution in [0, 0.1) is 5.92 Å². The lowest BCUT2D eigenvalue weighted by molar-refractivity contribution is 0.0949. The van der Waals surface area contributed by atoms with Crippen LogP contribution in [0.2, 0.25) is 0 Å². The van der Waals surface area contributed by atoms with Crippen molar-refractivity contribution in [1.82, 2.24) is 15.2 Å². The number of nitrogens with one attached hydrogen (secondary N) is 1. The molecule has 0 saturated heterocycles. The van der Waals surface area contributed by atoms with Gasteiger partial charge in [0.05, 0.1) is 11.9 Å². The summed E-state index contributed by atoms with van der Waals surface area (Å²) < 4.78 is 1.33. The fourth-order valence-electron chi connectivity index (χ4n) is 3.06. The summed E-state index contributed by atoms with van der Waals surface area (Å²) >= 11 is 0. The van der Waals surface area contributed by atoms with Gasteiger partial charge in [-0.3, -0.25) is 9.59 Å². The van der Waals surface area contributed by atoms with Crippen LogP contribution in [0.3, 0.4) is 0 Å². The Morgan fingerprint density at radius 1 is 1.07 bits per heavy atom. The van der Waals surface area contributed by atoms with Crippen molar-refractivity contribution in [3.63, 3.8) is 0 Å². The van der Waals surface area contributed by atoms with E-state index >= 15 is 0 Å². The van der Waals surface area contributed by atoms with Crippen LogP contribution in [-0.2, 0) is 6.54 Å². The van der Waals surface area contributed by atoms with Crippen molar-refractivity contribution in [2.24, 2.45) is 11.0 Å². The smallest absolute Gasteiger partial charge is 0.267 e. The van der Waals surface area contributed by atoms with Gasteiger partial charge in [-0.15, -0.1) is 0 Å². The van der Waals surface area contributed by atoms with E-state index in [-0.39, 0.29) is 17.2 Å². The van der Waals surface area contributed by atoms with Crippen LogP contribution >= 0.6 is 0 Å². The van der Waals surface area contributed by atoms with E-state index in [9.17, 15) is 9.59 Å². The zero-order valence-corrected chi connectivity index (χ0v) is 16.3.